The van der Waals surface area contributed by atoms with Gasteiger partial charge in [-0.3, -0.25) is 9.69 Å². The highest BCUT2D eigenvalue weighted by Gasteiger charge is 2.30. The van der Waals surface area contributed by atoms with Gasteiger partial charge in [0.15, 0.2) is 5.65 Å². The van der Waals surface area contributed by atoms with Crippen molar-refractivity contribution < 1.29 is 4.79 Å². The standard InChI is InChI=1S/C24H28ClN7O/c1-30(18-4-2-5-18)12-3-6-20(33)31-13-11-19(14-31)32-24-21(23(26)27-15-28-24)22(29-32)16-7-9-17(25)10-8-16/h3,6-10,15,18-19H,2,4-5,11-14H2,1H3,(H2,26,27,28)/t19-/m1/s1. The van der Waals surface area contributed by atoms with Gasteiger partial charge in [-0.1, -0.05) is 36.2 Å². The van der Waals surface area contributed by atoms with Crippen molar-refractivity contribution in [3.05, 3.63) is 47.8 Å². The minimum absolute atomic E-state index is 0.0258. The third-order valence-electron chi connectivity index (χ3n) is 6.81. The normalized spacial score (nSPS) is 19.1. The summed E-state index contributed by atoms with van der Waals surface area (Å²) in [6.45, 7) is 2.07. The maximum absolute atomic E-state index is 12.8. The van der Waals surface area contributed by atoms with Gasteiger partial charge in [0.05, 0.1) is 11.4 Å². The largest absolute Gasteiger partial charge is 0.383 e. The van der Waals surface area contributed by atoms with Crippen LogP contribution in [0.15, 0.2) is 42.7 Å². The number of carbonyl (C=O) groups is 1. The Morgan fingerprint density at radius 2 is 2.03 bits per heavy atom. The lowest BCUT2D eigenvalue weighted by Crippen LogP contribution is -2.37. The average Bonchev–Trinajstić information content (AvgIpc) is 3.39. The minimum Gasteiger partial charge on any atom is -0.383 e. The van der Waals surface area contributed by atoms with Crippen LogP contribution in [0, 0.1) is 0 Å². The molecule has 0 unspecified atom stereocenters. The molecule has 5 rings (SSSR count). The van der Waals surface area contributed by atoms with Crippen molar-refractivity contribution >= 4 is 34.4 Å². The lowest BCUT2D eigenvalue weighted by atomic mass is 9.92. The number of hydrogen-bond acceptors (Lipinski definition) is 6. The van der Waals surface area contributed by atoms with E-state index in [1.54, 1.807) is 6.08 Å². The first-order valence-corrected chi connectivity index (χ1v) is 11.8. The van der Waals surface area contributed by atoms with E-state index in [-0.39, 0.29) is 11.9 Å². The molecule has 0 bridgehead atoms. The van der Waals surface area contributed by atoms with E-state index in [9.17, 15) is 4.79 Å². The quantitative estimate of drug-likeness (QED) is 0.559. The van der Waals surface area contributed by atoms with E-state index >= 15 is 0 Å². The second-order valence-electron chi connectivity index (χ2n) is 8.91. The lowest BCUT2D eigenvalue weighted by molar-refractivity contribution is -0.125. The van der Waals surface area contributed by atoms with E-state index in [1.165, 1.54) is 25.6 Å². The fourth-order valence-electron chi connectivity index (χ4n) is 4.60. The van der Waals surface area contributed by atoms with Gasteiger partial charge >= 0.3 is 0 Å². The second-order valence-corrected chi connectivity index (χ2v) is 9.35. The molecule has 1 atom stereocenters. The zero-order valence-corrected chi connectivity index (χ0v) is 19.4. The second kappa shape index (κ2) is 9.11. The zero-order chi connectivity index (χ0) is 22.9. The molecule has 2 fully saturated rings. The summed E-state index contributed by atoms with van der Waals surface area (Å²) in [5, 5.41) is 6.26. The molecule has 1 saturated carbocycles. The number of likely N-dealkylation sites (tertiary alicyclic amines) is 1. The number of nitrogens with two attached hydrogens (primary N) is 1. The molecular weight excluding hydrogens is 438 g/mol. The van der Waals surface area contributed by atoms with Crippen LogP contribution < -0.4 is 5.73 Å². The highest BCUT2D eigenvalue weighted by atomic mass is 35.5. The van der Waals surface area contributed by atoms with Gasteiger partial charge in [0, 0.05) is 42.3 Å². The topological polar surface area (TPSA) is 93.2 Å². The van der Waals surface area contributed by atoms with E-state index in [0.29, 0.717) is 35.6 Å². The molecule has 1 aliphatic heterocycles. The Balaban J connectivity index is 1.34. The molecule has 1 saturated heterocycles. The van der Waals surface area contributed by atoms with Gasteiger partial charge in [0.25, 0.3) is 0 Å². The van der Waals surface area contributed by atoms with E-state index < -0.39 is 0 Å². The van der Waals surface area contributed by atoms with Crippen LogP contribution in [0.2, 0.25) is 5.02 Å². The zero-order valence-electron chi connectivity index (χ0n) is 18.7. The maximum Gasteiger partial charge on any atom is 0.246 e. The van der Waals surface area contributed by atoms with Crippen molar-refractivity contribution in [2.45, 2.75) is 37.8 Å². The number of amides is 1. The molecule has 2 N–H and O–H groups in total. The van der Waals surface area contributed by atoms with Crippen LogP contribution >= 0.6 is 11.6 Å². The molecule has 3 heterocycles. The van der Waals surface area contributed by atoms with Crippen molar-refractivity contribution in [3.8, 4) is 11.3 Å². The van der Waals surface area contributed by atoms with Crippen LogP contribution in [0.25, 0.3) is 22.3 Å². The number of anilines is 1. The number of nitrogen functional groups attached to an aromatic ring is 1. The lowest BCUT2D eigenvalue weighted by Gasteiger charge is -2.33. The predicted octanol–water partition coefficient (Wildman–Crippen LogP) is 3.54. The number of aromatic nitrogens is 4. The molecule has 1 aromatic carbocycles. The third kappa shape index (κ3) is 4.32. The van der Waals surface area contributed by atoms with Crippen molar-refractivity contribution in [2.24, 2.45) is 0 Å². The summed E-state index contributed by atoms with van der Waals surface area (Å²) in [7, 11) is 2.12. The number of fused-ring (bicyclic) bond motifs is 1. The molecule has 2 aliphatic rings. The Bertz CT molecular complexity index is 1190. The fourth-order valence-corrected chi connectivity index (χ4v) is 4.73. The molecule has 2 aromatic heterocycles. The molecule has 0 radical (unpaired) electrons. The number of rotatable bonds is 6. The SMILES string of the molecule is CN(CC=CC(=O)N1CC[C@@H](n2nc(-c3ccc(Cl)cc3)c3c(N)ncnc32)C1)C1CCC1. The number of halogens is 1. The van der Waals surface area contributed by atoms with Crippen molar-refractivity contribution in [2.75, 3.05) is 32.4 Å². The Morgan fingerprint density at radius 3 is 2.76 bits per heavy atom. The first-order valence-electron chi connectivity index (χ1n) is 11.4. The van der Waals surface area contributed by atoms with Crippen LogP contribution in [-0.2, 0) is 4.79 Å². The number of hydrogen-bond donors (Lipinski definition) is 1. The first-order chi connectivity index (χ1) is 16.0. The van der Waals surface area contributed by atoms with Crippen molar-refractivity contribution in [1.82, 2.24) is 29.5 Å². The van der Waals surface area contributed by atoms with Gasteiger partial charge in [-0.25, -0.2) is 14.6 Å². The average molecular weight is 466 g/mol. The minimum atomic E-state index is 0.0258. The highest BCUT2D eigenvalue weighted by molar-refractivity contribution is 6.30. The molecule has 1 aliphatic carbocycles. The predicted molar refractivity (Wildman–Crippen MR) is 130 cm³/mol. The molecule has 33 heavy (non-hydrogen) atoms. The number of carbonyl (C=O) groups excluding carboxylic acids is 1. The molecule has 1 amide bonds. The van der Waals surface area contributed by atoms with Gasteiger partial charge in [-0.05, 0) is 38.4 Å². The Labute approximate surface area is 198 Å². The van der Waals surface area contributed by atoms with E-state index in [0.717, 1.165) is 29.6 Å². The van der Waals surface area contributed by atoms with E-state index in [2.05, 4.69) is 21.9 Å². The number of benzene rings is 1. The number of likely N-dealkylation sites (N-methyl/N-ethyl adjacent to an activating group) is 1. The fraction of sp³-hybridized carbons (Fsp3) is 0.417. The summed E-state index contributed by atoms with van der Waals surface area (Å²) in [6.07, 6.45) is 9.78. The van der Waals surface area contributed by atoms with Gasteiger partial charge in [-0.2, -0.15) is 5.10 Å². The van der Waals surface area contributed by atoms with Crippen LogP contribution in [0.4, 0.5) is 5.82 Å². The Kier molecular flexibility index (Phi) is 6.03. The smallest absolute Gasteiger partial charge is 0.246 e. The Hall–Kier alpha value is -2.97. The molecule has 0 spiro atoms. The van der Waals surface area contributed by atoms with Crippen LogP contribution in [0.5, 0.6) is 0 Å². The monoisotopic (exact) mass is 465 g/mol. The molecule has 3 aromatic rings. The Morgan fingerprint density at radius 1 is 1.24 bits per heavy atom. The van der Waals surface area contributed by atoms with E-state index in [4.69, 9.17) is 22.4 Å². The van der Waals surface area contributed by atoms with Crippen LogP contribution in [0.3, 0.4) is 0 Å². The van der Waals surface area contributed by atoms with Gasteiger partial charge < -0.3 is 10.6 Å². The molecule has 172 valence electrons. The summed E-state index contributed by atoms with van der Waals surface area (Å²) < 4.78 is 1.90. The summed E-state index contributed by atoms with van der Waals surface area (Å²) in [6, 6.07) is 8.17. The van der Waals surface area contributed by atoms with Gasteiger partial charge in [0.2, 0.25) is 5.91 Å². The molecular formula is C24H28ClN7O. The third-order valence-corrected chi connectivity index (χ3v) is 7.06. The summed E-state index contributed by atoms with van der Waals surface area (Å²) in [5.74, 6) is 0.434. The maximum atomic E-state index is 12.8. The van der Waals surface area contributed by atoms with Crippen molar-refractivity contribution in [3.63, 3.8) is 0 Å². The summed E-state index contributed by atoms with van der Waals surface area (Å²) in [5.41, 5.74) is 8.53. The highest BCUT2D eigenvalue weighted by Crippen LogP contribution is 2.34. The van der Waals surface area contributed by atoms with Gasteiger partial charge in [0.1, 0.15) is 17.8 Å². The van der Waals surface area contributed by atoms with Crippen molar-refractivity contribution in [1.29, 1.82) is 0 Å². The van der Waals surface area contributed by atoms with E-state index in [1.807, 2.05) is 39.9 Å². The first kappa shape index (κ1) is 21.9. The molecule has 9 heteroatoms. The van der Waals surface area contributed by atoms with Crippen LogP contribution in [0.1, 0.15) is 31.7 Å². The van der Waals surface area contributed by atoms with Gasteiger partial charge in [-0.15, -0.1) is 0 Å². The summed E-state index contributed by atoms with van der Waals surface area (Å²) >= 11 is 6.06. The molecule has 8 nitrogen and oxygen atoms in total. The van der Waals surface area contributed by atoms with Crippen LogP contribution in [-0.4, -0.2) is 68.2 Å². The number of nitrogens with zero attached hydrogens (tertiary/aromatic N) is 6. The summed E-state index contributed by atoms with van der Waals surface area (Å²) in [4.78, 5) is 25.6.